The zero-order chi connectivity index (χ0) is 24.3. The Labute approximate surface area is 210 Å². The first-order valence-corrected chi connectivity index (χ1v) is 12.8. The molecule has 6 rings (SSSR count). The Bertz CT molecular complexity index is 1330. The number of rotatable bonds is 5. The van der Waals surface area contributed by atoms with Crippen molar-refractivity contribution in [2.45, 2.75) is 44.6 Å². The van der Waals surface area contributed by atoms with Gasteiger partial charge in [0, 0.05) is 35.1 Å². The summed E-state index contributed by atoms with van der Waals surface area (Å²) in [5.74, 6) is 0.398. The summed E-state index contributed by atoms with van der Waals surface area (Å²) in [5, 5.41) is 3.53. The van der Waals surface area contributed by atoms with Gasteiger partial charge in [0.25, 0.3) is 5.91 Å². The lowest BCUT2D eigenvalue weighted by molar-refractivity contribution is -0.128. The van der Waals surface area contributed by atoms with Gasteiger partial charge in [0.2, 0.25) is 0 Å². The van der Waals surface area contributed by atoms with E-state index in [9.17, 15) is 14.0 Å². The first-order valence-electron chi connectivity index (χ1n) is 11.6. The average molecular weight is 516 g/mol. The summed E-state index contributed by atoms with van der Waals surface area (Å²) in [7, 11) is 0. The number of nitrogens with one attached hydrogen (secondary N) is 1. The van der Waals surface area contributed by atoms with E-state index in [4.69, 9.17) is 16.3 Å². The van der Waals surface area contributed by atoms with Crippen LogP contribution in [-0.4, -0.2) is 69.7 Å². The number of halogens is 2. The molecule has 35 heavy (non-hydrogen) atoms. The molecule has 2 aromatic heterocycles. The Hall–Kier alpha value is -2.82. The zero-order valence-electron chi connectivity index (χ0n) is 19.0. The number of carbonyl (C=O) groups excluding carboxylic acids is 2. The number of aromatic nitrogens is 2. The minimum atomic E-state index is -1.11. The maximum atomic E-state index is 14.3. The van der Waals surface area contributed by atoms with Gasteiger partial charge in [-0.1, -0.05) is 11.6 Å². The van der Waals surface area contributed by atoms with E-state index in [-0.39, 0.29) is 31.1 Å². The molecule has 3 aliphatic heterocycles. The molecule has 0 spiro atoms. The van der Waals surface area contributed by atoms with Crippen molar-refractivity contribution >= 4 is 45.1 Å². The fraction of sp³-hybridized carbons (Fsp3) is 0.417. The van der Waals surface area contributed by atoms with Gasteiger partial charge in [-0.2, -0.15) is 0 Å². The predicted octanol–water partition coefficient (Wildman–Crippen LogP) is 3.94. The quantitative estimate of drug-likeness (QED) is 0.518. The molecule has 11 heteroatoms. The van der Waals surface area contributed by atoms with Crippen molar-refractivity contribution in [1.29, 1.82) is 0 Å². The Morgan fingerprint density at radius 2 is 2.11 bits per heavy atom. The third-order valence-electron chi connectivity index (χ3n) is 6.81. The van der Waals surface area contributed by atoms with E-state index in [1.807, 2.05) is 13.0 Å². The Morgan fingerprint density at radius 3 is 2.89 bits per heavy atom. The van der Waals surface area contributed by atoms with Crippen LogP contribution >= 0.6 is 22.9 Å². The van der Waals surface area contributed by atoms with Crippen LogP contribution in [0.3, 0.4) is 0 Å². The second-order valence-corrected chi connectivity index (χ2v) is 10.7. The molecule has 3 saturated heterocycles. The summed E-state index contributed by atoms with van der Waals surface area (Å²) in [4.78, 5) is 38.3. The number of hydrogen-bond donors (Lipinski definition) is 1. The van der Waals surface area contributed by atoms with Crippen molar-refractivity contribution in [1.82, 2.24) is 25.1 Å². The number of ether oxygens (including phenoxy) is 1. The maximum absolute atomic E-state index is 14.3. The normalized spacial score (nSPS) is 24.1. The van der Waals surface area contributed by atoms with Gasteiger partial charge >= 0.3 is 6.03 Å². The number of amides is 3. The van der Waals surface area contributed by atoms with E-state index in [0.717, 1.165) is 28.0 Å². The third-order valence-corrected chi connectivity index (χ3v) is 8.14. The number of benzene rings is 1. The highest BCUT2D eigenvalue weighted by Crippen LogP contribution is 2.41. The highest BCUT2D eigenvalue weighted by Gasteiger charge is 2.47. The number of fused-ring (bicyclic) bond motifs is 2. The second-order valence-electron chi connectivity index (χ2n) is 9.14. The fourth-order valence-electron chi connectivity index (χ4n) is 5.11. The molecule has 0 saturated carbocycles. The largest absolute Gasteiger partial charge is 0.485 e. The molecule has 1 unspecified atom stereocenters. The van der Waals surface area contributed by atoms with Gasteiger partial charge in [0.15, 0.2) is 6.17 Å². The van der Waals surface area contributed by atoms with Crippen LogP contribution in [0.1, 0.15) is 23.3 Å². The summed E-state index contributed by atoms with van der Waals surface area (Å²) in [6, 6.07) is 4.87. The highest BCUT2D eigenvalue weighted by molar-refractivity contribution is 7.19. The zero-order valence-corrected chi connectivity index (χ0v) is 20.5. The molecule has 5 heterocycles. The lowest BCUT2D eigenvalue weighted by atomic mass is 10.1. The summed E-state index contributed by atoms with van der Waals surface area (Å²) >= 11 is 7.82. The van der Waals surface area contributed by atoms with Crippen LogP contribution in [0.15, 0.2) is 24.5 Å². The molecule has 3 aromatic rings. The van der Waals surface area contributed by atoms with Crippen LogP contribution in [0, 0.1) is 6.92 Å². The van der Waals surface area contributed by atoms with Gasteiger partial charge < -0.3 is 15.0 Å². The van der Waals surface area contributed by atoms with Crippen molar-refractivity contribution in [3.8, 4) is 17.0 Å². The minimum Gasteiger partial charge on any atom is -0.485 e. The van der Waals surface area contributed by atoms with Crippen LogP contribution in [0.5, 0.6) is 5.75 Å². The summed E-state index contributed by atoms with van der Waals surface area (Å²) in [6.07, 6.45) is 1.33. The lowest BCUT2D eigenvalue weighted by Crippen LogP contribution is -2.32. The smallest absolute Gasteiger partial charge is 0.327 e. The Morgan fingerprint density at radius 1 is 1.26 bits per heavy atom. The van der Waals surface area contributed by atoms with Crippen molar-refractivity contribution in [2.24, 2.45) is 0 Å². The van der Waals surface area contributed by atoms with E-state index in [0.29, 0.717) is 40.6 Å². The third kappa shape index (κ3) is 3.84. The number of aryl methyl sites for hydroxylation is 1. The van der Waals surface area contributed by atoms with Crippen LogP contribution in [-0.2, 0) is 11.3 Å². The van der Waals surface area contributed by atoms with Gasteiger partial charge in [-0.3, -0.25) is 9.69 Å². The van der Waals surface area contributed by atoms with Gasteiger partial charge in [-0.15, -0.1) is 11.3 Å². The van der Waals surface area contributed by atoms with Gasteiger partial charge in [-0.05, 0) is 43.5 Å². The number of alkyl halides is 1. The van der Waals surface area contributed by atoms with Gasteiger partial charge in [0.05, 0.1) is 22.5 Å². The van der Waals surface area contributed by atoms with E-state index in [2.05, 4.69) is 15.3 Å². The Balaban J connectivity index is 1.37. The molecule has 182 valence electrons. The first-order chi connectivity index (χ1) is 16.9. The van der Waals surface area contributed by atoms with E-state index >= 15 is 0 Å². The molecule has 8 nitrogen and oxygen atoms in total. The van der Waals surface area contributed by atoms with Crippen LogP contribution in [0.2, 0.25) is 5.02 Å². The number of thiophene rings is 1. The minimum absolute atomic E-state index is 0.136. The molecule has 0 bridgehead atoms. The molecule has 0 aliphatic carbocycles. The molecule has 3 atom stereocenters. The molecule has 3 aliphatic rings. The van der Waals surface area contributed by atoms with E-state index in [1.54, 1.807) is 17.0 Å². The first kappa shape index (κ1) is 22.6. The number of hydrogen-bond acceptors (Lipinski definition) is 7. The van der Waals surface area contributed by atoms with Crippen LogP contribution in [0.4, 0.5) is 9.18 Å². The van der Waals surface area contributed by atoms with Crippen molar-refractivity contribution in [3.05, 3.63) is 40.0 Å². The standard InChI is InChI=1S/C24H23ClFN5O3S/c1-12-5-13(25)6-15(21(12)34-19-9-27-8-16(19)26)20-22-17(28-11-29-20)7-14(35-22)10-31-23(32)18-3-2-4-30(18)24(31)33/h5-7,11,16,18-19,27H,2-4,8-10H2,1H3/t16-,18?,19+/m0/s1. The molecule has 3 amide bonds. The average Bonchev–Trinajstić information content (AvgIpc) is 3.60. The van der Waals surface area contributed by atoms with Crippen molar-refractivity contribution in [2.75, 3.05) is 19.6 Å². The molecular weight excluding hydrogens is 493 g/mol. The Kier molecular flexibility index (Phi) is 5.62. The van der Waals surface area contributed by atoms with Crippen molar-refractivity contribution < 1.29 is 18.7 Å². The topological polar surface area (TPSA) is 87.7 Å². The van der Waals surface area contributed by atoms with E-state index < -0.39 is 12.3 Å². The lowest BCUT2D eigenvalue weighted by Gasteiger charge is -2.20. The fourth-order valence-corrected chi connectivity index (χ4v) is 6.48. The number of imide groups is 1. The van der Waals surface area contributed by atoms with Crippen LogP contribution in [0.25, 0.3) is 21.5 Å². The number of carbonyl (C=O) groups is 2. The van der Waals surface area contributed by atoms with Gasteiger partial charge in [0.1, 0.15) is 24.2 Å². The summed E-state index contributed by atoms with van der Waals surface area (Å²) < 4.78 is 21.2. The SMILES string of the molecule is Cc1cc(Cl)cc(-c2ncnc3cc(CN4C(=O)C5CCCN5C4=O)sc23)c1O[C@@H]1CNC[C@@H]1F. The van der Waals surface area contributed by atoms with Crippen LogP contribution < -0.4 is 10.1 Å². The summed E-state index contributed by atoms with van der Waals surface area (Å²) in [6.45, 7) is 3.36. The van der Waals surface area contributed by atoms with E-state index in [1.165, 1.54) is 22.6 Å². The summed E-state index contributed by atoms with van der Waals surface area (Å²) in [5.41, 5.74) is 2.75. The highest BCUT2D eigenvalue weighted by atomic mass is 35.5. The van der Waals surface area contributed by atoms with Gasteiger partial charge in [-0.25, -0.2) is 19.2 Å². The molecule has 0 radical (unpaired) electrons. The molecule has 3 fully saturated rings. The number of urea groups is 1. The van der Waals surface area contributed by atoms with Crippen molar-refractivity contribution in [3.63, 3.8) is 0 Å². The predicted molar refractivity (Wildman–Crippen MR) is 130 cm³/mol. The number of nitrogens with zero attached hydrogens (tertiary/aromatic N) is 4. The molecule has 1 N–H and O–H groups in total. The monoisotopic (exact) mass is 515 g/mol. The molecule has 1 aromatic carbocycles. The maximum Gasteiger partial charge on any atom is 0.327 e. The second kappa shape index (κ2) is 8.69. The molecular formula is C24H23ClFN5O3S.